The zero-order valence-electron chi connectivity index (χ0n) is 14.9. The minimum atomic E-state index is -1.08. The Hall–Kier alpha value is -2.82. The van der Waals surface area contributed by atoms with Crippen molar-refractivity contribution in [1.29, 1.82) is 0 Å². The Balaban J connectivity index is 2.14. The maximum atomic E-state index is 11.9. The number of hydrogen-bond acceptors (Lipinski definition) is 5. The highest BCUT2D eigenvalue weighted by molar-refractivity contribution is 5.79. The van der Waals surface area contributed by atoms with Gasteiger partial charge in [0.15, 0.2) is 5.60 Å². The first-order chi connectivity index (χ1) is 11.9. The van der Waals surface area contributed by atoms with Crippen LogP contribution in [0.1, 0.15) is 36.7 Å². The van der Waals surface area contributed by atoms with Crippen LogP contribution in [-0.4, -0.2) is 24.5 Å². The Labute approximate surface area is 147 Å². The fourth-order valence-electron chi connectivity index (χ4n) is 2.21. The third-order valence-electron chi connectivity index (χ3n) is 3.51. The van der Waals surface area contributed by atoms with Crippen LogP contribution >= 0.6 is 0 Å². The molecule has 0 aliphatic rings. The van der Waals surface area contributed by atoms with Gasteiger partial charge in [-0.1, -0.05) is 12.1 Å². The molecule has 0 amide bonds. The average Bonchev–Trinajstić information content (AvgIpc) is 2.57. The summed E-state index contributed by atoms with van der Waals surface area (Å²) in [7, 11) is 0. The van der Waals surface area contributed by atoms with Gasteiger partial charge in [0.1, 0.15) is 23.5 Å². The Morgan fingerprint density at radius 3 is 2.48 bits per heavy atom. The van der Waals surface area contributed by atoms with Crippen LogP contribution in [0.25, 0.3) is 0 Å². The molecule has 5 heteroatoms. The molecule has 0 aliphatic carbocycles. The van der Waals surface area contributed by atoms with E-state index in [0.717, 1.165) is 11.8 Å². The molecule has 0 aliphatic heterocycles. The molecule has 2 aromatic rings. The molecule has 0 saturated carbocycles. The van der Waals surface area contributed by atoms with Crippen LogP contribution in [0.4, 0.5) is 0 Å². The van der Waals surface area contributed by atoms with Gasteiger partial charge in [0.25, 0.3) is 0 Å². The van der Waals surface area contributed by atoms with E-state index in [1.165, 1.54) is 0 Å². The van der Waals surface area contributed by atoms with Crippen LogP contribution in [0.5, 0.6) is 17.2 Å². The van der Waals surface area contributed by atoms with Crippen LogP contribution in [0, 0.1) is 6.92 Å². The number of ether oxygens (including phenoxy) is 3. The van der Waals surface area contributed by atoms with Crippen molar-refractivity contribution in [2.75, 3.05) is 6.61 Å². The molecule has 0 saturated heterocycles. The number of benzene rings is 2. The summed E-state index contributed by atoms with van der Waals surface area (Å²) < 4.78 is 16.6. The average molecular weight is 342 g/mol. The Bertz CT molecular complexity index is 764. The molecule has 2 aromatic carbocycles. The molecule has 0 unspecified atom stereocenters. The fraction of sp³-hybridized carbons (Fsp3) is 0.300. The number of hydrogen-bond donors (Lipinski definition) is 0. The van der Waals surface area contributed by atoms with Crippen molar-refractivity contribution in [3.63, 3.8) is 0 Å². The minimum Gasteiger partial charge on any atom is -0.476 e. The van der Waals surface area contributed by atoms with Crippen molar-refractivity contribution < 1.29 is 23.8 Å². The lowest BCUT2D eigenvalue weighted by molar-refractivity contribution is -0.158. The quantitative estimate of drug-likeness (QED) is 0.554. The normalized spacial score (nSPS) is 10.9. The summed E-state index contributed by atoms with van der Waals surface area (Å²) in [5.41, 5.74) is 0.285. The maximum absolute atomic E-state index is 11.9. The molecule has 0 heterocycles. The molecule has 0 N–H and O–H groups in total. The highest BCUT2D eigenvalue weighted by Crippen LogP contribution is 2.30. The van der Waals surface area contributed by atoms with Gasteiger partial charge in [0.2, 0.25) is 0 Å². The fourth-order valence-corrected chi connectivity index (χ4v) is 2.21. The van der Waals surface area contributed by atoms with E-state index in [9.17, 15) is 9.59 Å². The van der Waals surface area contributed by atoms with Gasteiger partial charge in [-0.15, -0.1) is 0 Å². The summed E-state index contributed by atoms with van der Waals surface area (Å²) >= 11 is 0. The summed E-state index contributed by atoms with van der Waals surface area (Å²) in [4.78, 5) is 22.8. The predicted octanol–water partition coefficient (Wildman–Crippen LogP) is 4.32. The largest absolute Gasteiger partial charge is 0.476 e. The molecular weight excluding hydrogens is 320 g/mol. The van der Waals surface area contributed by atoms with Gasteiger partial charge in [-0.3, -0.25) is 4.79 Å². The summed E-state index contributed by atoms with van der Waals surface area (Å²) in [6.07, 6.45) is 0.770. The van der Waals surface area contributed by atoms with E-state index in [1.807, 2.05) is 13.0 Å². The molecule has 25 heavy (non-hydrogen) atoms. The first-order valence-corrected chi connectivity index (χ1v) is 8.05. The predicted molar refractivity (Wildman–Crippen MR) is 94.4 cm³/mol. The number of carbonyl (C=O) groups excluding carboxylic acids is 2. The Morgan fingerprint density at radius 1 is 1.12 bits per heavy atom. The zero-order valence-corrected chi connectivity index (χ0v) is 14.9. The molecule has 0 aromatic heterocycles. The summed E-state index contributed by atoms with van der Waals surface area (Å²) in [6.45, 7) is 7.26. The van der Waals surface area contributed by atoms with E-state index in [1.54, 1.807) is 57.2 Å². The van der Waals surface area contributed by atoms with Crippen molar-refractivity contribution >= 4 is 12.3 Å². The van der Waals surface area contributed by atoms with Crippen LogP contribution in [-0.2, 0) is 9.53 Å². The van der Waals surface area contributed by atoms with E-state index in [2.05, 4.69) is 0 Å². The first-order valence-electron chi connectivity index (χ1n) is 8.05. The van der Waals surface area contributed by atoms with E-state index in [0.29, 0.717) is 29.4 Å². The van der Waals surface area contributed by atoms with Gasteiger partial charge in [0.05, 0.1) is 6.61 Å². The molecule has 0 spiro atoms. The number of aldehydes is 1. The van der Waals surface area contributed by atoms with Crippen molar-refractivity contribution in [3.8, 4) is 17.2 Å². The molecule has 2 rings (SSSR count). The third kappa shape index (κ3) is 4.83. The SMILES string of the molecule is CCOC(=O)C(C)(C)Oc1ccc(Oc2cccc(C=O)c2)cc1C. The Kier molecular flexibility index (Phi) is 5.80. The number of aryl methyl sites for hydroxylation is 1. The van der Waals surface area contributed by atoms with Gasteiger partial charge in [-0.25, -0.2) is 4.79 Å². The zero-order chi connectivity index (χ0) is 18.4. The van der Waals surface area contributed by atoms with E-state index in [-0.39, 0.29) is 0 Å². The standard InChI is InChI=1S/C20H22O5/c1-5-23-19(22)20(3,4)25-18-10-9-17(11-14(18)2)24-16-8-6-7-15(12-16)13-21/h6-13H,5H2,1-4H3. The van der Waals surface area contributed by atoms with Crippen molar-refractivity contribution in [2.24, 2.45) is 0 Å². The topological polar surface area (TPSA) is 61.8 Å². The third-order valence-corrected chi connectivity index (χ3v) is 3.51. The van der Waals surface area contributed by atoms with Crippen LogP contribution in [0.2, 0.25) is 0 Å². The Morgan fingerprint density at radius 2 is 1.84 bits per heavy atom. The van der Waals surface area contributed by atoms with Gasteiger partial charge in [0, 0.05) is 5.56 Å². The van der Waals surface area contributed by atoms with Gasteiger partial charge in [-0.05, 0) is 63.6 Å². The van der Waals surface area contributed by atoms with Crippen LogP contribution in [0.3, 0.4) is 0 Å². The minimum absolute atomic E-state index is 0.303. The van der Waals surface area contributed by atoms with Gasteiger partial charge in [-0.2, -0.15) is 0 Å². The lowest BCUT2D eigenvalue weighted by Crippen LogP contribution is -2.39. The van der Waals surface area contributed by atoms with Gasteiger partial charge < -0.3 is 14.2 Å². The number of esters is 1. The van der Waals surface area contributed by atoms with Crippen LogP contribution < -0.4 is 9.47 Å². The maximum Gasteiger partial charge on any atom is 0.349 e. The highest BCUT2D eigenvalue weighted by atomic mass is 16.6. The summed E-state index contributed by atoms with van der Waals surface area (Å²) in [6, 6.07) is 12.2. The first kappa shape index (κ1) is 18.5. The second-order valence-electron chi connectivity index (χ2n) is 6.05. The van der Waals surface area contributed by atoms with E-state index >= 15 is 0 Å². The molecular formula is C20H22O5. The van der Waals surface area contributed by atoms with Crippen molar-refractivity contribution in [2.45, 2.75) is 33.3 Å². The van der Waals surface area contributed by atoms with E-state index in [4.69, 9.17) is 14.2 Å². The van der Waals surface area contributed by atoms with Crippen molar-refractivity contribution in [3.05, 3.63) is 53.6 Å². The number of carbonyl (C=O) groups is 2. The van der Waals surface area contributed by atoms with Crippen molar-refractivity contribution in [1.82, 2.24) is 0 Å². The highest BCUT2D eigenvalue weighted by Gasteiger charge is 2.32. The molecule has 0 radical (unpaired) electrons. The lowest BCUT2D eigenvalue weighted by Gasteiger charge is -2.25. The molecule has 0 bridgehead atoms. The number of rotatable bonds is 7. The van der Waals surface area contributed by atoms with Gasteiger partial charge >= 0.3 is 5.97 Å². The molecule has 5 nitrogen and oxygen atoms in total. The molecule has 0 fully saturated rings. The molecule has 132 valence electrons. The molecule has 0 atom stereocenters. The monoisotopic (exact) mass is 342 g/mol. The second-order valence-corrected chi connectivity index (χ2v) is 6.05. The summed E-state index contributed by atoms with van der Waals surface area (Å²) in [5.74, 6) is 1.35. The smallest absolute Gasteiger partial charge is 0.349 e. The van der Waals surface area contributed by atoms with Crippen LogP contribution in [0.15, 0.2) is 42.5 Å². The second kappa shape index (κ2) is 7.83. The lowest BCUT2D eigenvalue weighted by atomic mass is 10.1. The van der Waals surface area contributed by atoms with E-state index < -0.39 is 11.6 Å². The summed E-state index contributed by atoms with van der Waals surface area (Å²) in [5, 5.41) is 0.